The van der Waals surface area contributed by atoms with Gasteiger partial charge < -0.3 is 5.11 Å². The highest BCUT2D eigenvalue weighted by atomic mass is 32.2. The summed E-state index contributed by atoms with van der Waals surface area (Å²) in [6.45, 7) is 4.29. The molecule has 0 aliphatic carbocycles. The molecule has 1 aromatic rings. The molecule has 3 nitrogen and oxygen atoms in total. The van der Waals surface area contributed by atoms with Crippen molar-refractivity contribution < 1.29 is 5.11 Å². The molecule has 0 bridgehead atoms. The van der Waals surface area contributed by atoms with Crippen molar-refractivity contribution in [1.29, 1.82) is 0 Å². The zero-order valence-corrected chi connectivity index (χ0v) is 8.71. The topological polar surface area (TPSA) is 46.0 Å². The van der Waals surface area contributed by atoms with Gasteiger partial charge in [0.1, 0.15) is 0 Å². The van der Waals surface area contributed by atoms with Crippen LogP contribution >= 0.6 is 11.8 Å². The summed E-state index contributed by atoms with van der Waals surface area (Å²) >= 11 is 1.66. The Kier molecular flexibility index (Phi) is 4.18. The van der Waals surface area contributed by atoms with Gasteiger partial charge in [-0.1, -0.05) is 25.6 Å². The van der Waals surface area contributed by atoms with E-state index in [1.165, 1.54) is 0 Å². The van der Waals surface area contributed by atoms with Gasteiger partial charge in [-0.05, 0) is 6.42 Å². The average Bonchev–Trinajstić information content (AvgIpc) is 2.19. The number of aliphatic hydroxyl groups excluding tert-OH is 1. The first-order valence-corrected chi connectivity index (χ1v) is 5.22. The molecule has 0 spiro atoms. The first-order chi connectivity index (χ1) is 6.26. The van der Waals surface area contributed by atoms with Crippen LogP contribution in [0, 0.1) is 0 Å². The molecular formula is C9H14N2OS. The molecule has 1 unspecified atom stereocenters. The summed E-state index contributed by atoms with van der Waals surface area (Å²) < 4.78 is 0. The molecule has 0 saturated carbocycles. The minimum atomic E-state index is 0.00821. The Morgan fingerprint density at radius 3 is 2.54 bits per heavy atom. The van der Waals surface area contributed by atoms with E-state index in [-0.39, 0.29) is 6.61 Å². The van der Waals surface area contributed by atoms with Crippen LogP contribution in [0.2, 0.25) is 0 Å². The molecule has 4 heteroatoms. The lowest BCUT2D eigenvalue weighted by atomic mass is 10.4. The van der Waals surface area contributed by atoms with Crippen LogP contribution in [-0.4, -0.2) is 20.3 Å². The van der Waals surface area contributed by atoms with E-state index in [4.69, 9.17) is 5.11 Å². The van der Waals surface area contributed by atoms with Crippen molar-refractivity contribution >= 4 is 11.8 Å². The van der Waals surface area contributed by atoms with Crippen LogP contribution in [0.25, 0.3) is 0 Å². The molecule has 0 radical (unpaired) electrons. The molecule has 0 aliphatic heterocycles. The van der Waals surface area contributed by atoms with Crippen LogP contribution in [0.4, 0.5) is 0 Å². The summed E-state index contributed by atoms with van der Waals surface area (Å²) in [7, 11) is 0. The second-order valence-electron chi connectivity index (χ2n) is 2.87. The van der Waals surface area contributed by atoms with Crippen LogP contribution in [-0.2, 0) is 6.61 Å². The molecule has 0 saturated heterocycles. The maximum Gasteiger partial charge on any atom is 0.187 e. The van der Waals surface area contributed by atoms with E-state index in [1.807, 2.05) is 0 Å². The van der Waals surface area contributed by atoms with Crippen molar-refractivity contribution in [2.45, 2.75) is 37.3 Å². The maximum absolute atomic E-state index is 8.77. The van der Waals surface area contributed by atoms with Gasteiger partial charge in [0.2, 0.25) is 0 Å². The van der Waals surface area contributed by atoms with E-state index in [0.29, 0.717) is 5.25 Å². The third kappa shape index (κ3) is 3.32. The fraction of sp³-hybridized carbons (Fsp3) is 0.556. The largest absolute Gasteiger partial charge is 0.392 e. The highest BCUT2D eigenvalue weighted by molar-refractivity contribution is 7.99. The van der Waals surface area contributed by atoms with Gasteiger partial charge in [-0.15, -0.1) is 0 Å². The summed E-state index contributed by atoms with van der Waals surface area (Å²) in [5.74, 6) is 0. The van der Waals surface area contributed by atoms with Crippen LogP contribution < -0.4 is 0 Å². The van der Waals surface area contributed by atoms with Gasteiger partial charge in [0.15, 0.2) is 5.16 Å². The molecule has 1 rings (SSSR count). The average molecular weight is 198 g/mol. The number of aromatic nitrogens is 2. The van der Waals surface area contributed by atoms with Crippen LogP contribution in [0.15, 0.2) is 17.6 Å². The Bertz CT molecular complexity index is 250. The molecule has 0 aromatic carbocycles. The molecule has 72 valence electrons. The summed E-state index contributed by atoms with van der Waals surface area (Å²) in [6, 6.07) is 0. The number of nitrogens with zero attached hydrogens (tertiary/aromatic N) is 2. The summed E-state index contributed by atoms with van der Waals surface area (Å²) in [4.78, 5) is 8.26. The van der Waals surface area contributed by atoms with Gasteiger partial charge in [0, 0.05) is 23.2 Å². The van der Waals surface area contributed by atoms with E-state index in [1.54, 1.807) is 24.2 Å². The van der Waals surface area contributed by atoms with Gasteiger partial charge in [0.05, 0.1) is 6.61 Å². The fourth-order valence-electron chi connectivity index (χ4n) is 0.749. The van der Waals surface area contributed by atoms with Crippen molar-refractivity contribution in [3.05, 3.63) is 18.0 Å². The third-order valence-corrected chi connectivity index (χ3v) is 2.90. The second-order valence-corrected chi connectivity index (χ2v) is 4.27. The highest BCUT2D eigenvalue weighted by Gasteiger charge is 2.03. The van der Waals surface area contributed by atoms with Gasteiger partial charge in [-0.25, -0.2) is 9.97 Å². The van der Waals surface area contributed by atoms with Crippen molar-refractivity contribution in [3.8, 4) is 0 Å². The number of thioether (sulfide) groups is 1. The van der Waals surface area contributed by atoms with E-state index < -0.39 is 0 Å². The van der Waals surface area contributed by atoms with E-state index in [2.05, 4.69) is 23.8 Å². The molecule has 0 fully saturated rings. The standard InChI is InChI=1S/C9H14N2OS/c1-3-7(2)13-9-10-4-8(6-12)5-11-9/h4-5,7,12H,3,6H2,1-2H3. The Morgan fingerprint density at radius 2 is 2.08 bits per heavy atom. The predicted molar refractivity (Wildman–Crippen MR) is 53.6 cm³/mol. The summed E-state index contributed by atoms with van der Waals surface area (Å²) in [5, 5.41) is 10.1. The molecule has 0 aliphatic rings. The zero-order chi connectivity index (χ0) is 9.68. The molecule has 13 heavy (non-hydrogen) atoms. The third-order valence-electron chi connectivity index (χ3n) is 1.75. The first kappa shape index (κ1) is 10.5. The Labute approximate surface area is 82.6 Å². The Morgan fingerprint density at radius 1 is 1.46 bits per heavy atom. The minimum absolute atomic E-state index is 0.00821. The summed E-state index contributed by atoms with van der Waals surface area (Å²) in [5.41, 5.74) is 0.758. The fourth-order valence-corrected chi connectivity index (χ4v) is 1.50. The lowest BCUT2D eigenvalue weighted by molar-refractivity contribution is 0.280. The summed E-state index contributed by atoms with van der Waals surface area (Å²) in [6.07, 6.45) is 4.44. The zero-order valence-electron chi connectivity index (χ0n) is 7.90. The molecule has 1 aromatic heterocycles. The smallest absolute Gasteiger partial charge is 0.187 e. The quantitative estimate of drug-likeness (QED) is 0.592. The molecule has 0 amide bonds. The van der Waals surface area contributed by atoms with E-state index >= 15 is 0 Å². The number of hydrogen-bond donors (Lipinski definition) is 1. The van der Waals surface area contributed by atoms with Crippen molar-refractivity contribution in [1.82, 2.24) is 9.97 Å². The normalized spacial score (nSPS) is 12.8. The van der Waals surface area contributed by atoms with Crippen molar-refractivity contribution in [2.24, 2.45) is 0 Å². The van der Waals surface area contributed by atoms with E-state index in [9.17, 15) is 0 Å². The molecule has 1 atom stereocenters. The van der Waals surface area contributed by atoms with Gasteiger partial charge in [-0.2, -0.15) is 0 Å². The number of hydrogen-bond acceptors (Lipinski definition) is 4. The van der Waals surface area contributed by atoms with Crippen molar-refractivity contribution in [2.75, 3.05) is 0 Å². The lowest BCUT2D eigenvalue weighted by Crippen LogP contribution is -1.96. The highest BCUT2D eigenvalue weighted by Crippen LogP contribution is 2.20. The molecule has 1 heterocycles. The second kappa shape index (κ2) is 5.19. The monoisotopic (exact) mass is 198 g/mol. The number of rotatable bonds is 4. The maximum atomic E-state index is 8.77. The SMILES string of the molecule is CCC(C)Sc1ncc(CO)cn1. The first-order valence-electron chi connectivity index (χ1n) is 4.34. The van der Waals surface area contributed by atoms with Crippen LogP contribution in [0.5, 0.6) is 0 Å². The number of aliphatic hydroxyl groups is 1. The minimum Gasteiger partial charge on any atom is -0.392 e. The van der Waals surface area contributed by atoms with Gasteiger partial charge in [0.25, 0.3) is 0 Å². The van der Waals surface area contributed by atoms with Crippen LogP contribution in [0.1, 0.15) is 25.8 Å². The van der Waals surface area contributed by atoms with E-state index in [0.717, 1.165) is 17.1 Å². The van der Waals surface area contributed by atoms with Gasteiger partial charge >= 0.3 is 0 Å². The molecular weight excluding hydrogens is 184 g/mol. The lowest BCUT2D eigenvalue weighted by Gasteiger charge is -2.05. The van der Waals surface area contributed by atoms with Gasteiger partial charge in [-0.3, -0.25) is 0 Å². The Hall–Kier alpha value is -0.610. The predicted octanol–water partition coefficient (Wildman–Crippen LogP) is 1.86. The Balaban J connectivity index is 2.58. The van der Waals surface area contributed by atoms with Crippen molar-refractivity contribution in [3.63, 3.8) is 0 Å². The van der Waals surface area contributed by atoms with Crippen LogP contribution in [0.3, 0.4) is 0 Å². The molecule has 1 N–H and O–H groups in total.